The number of benzene rings is 1. The summed E-state index contributed by atoms with van der Waals surface area (Å²) in [5.41, 5.74) is 6.23. The van der Waals surface area contributed by atoms with Crippen LogP contribution in [0.2, 0.25) is 0 Å². The van der Waals surface area contributed by atoms with E-state index in [9.17, 15) is 9.59 Å². The average Bonchev–Trinajstić information content (AvgIpc) is 2.96. The molecule has 0 radical (unpaired) electrons. The molecule has 2 N–H and O–H groups in total. The summed E-state index contributed by atoms with van der Waals surface area (Å²) in [5.74, 6) is -0.209. The van der Waals surface area contributed by atoms with Gasteiger partial charge in [0.25, 0.3) is 5.91 Å². The summed E-state index contributed by atoms with van der Waals surface area (Å²) in [6.07, 6.45) is 2.96. The third kappa shape index (κ3) is 2.91. The Balaban J connectivity index is 1.77. The van der Waals surface area contributed by atoms with E-state index in [0.717, 1.165) is 5.39 Å². The number of carbonyl (C=O) groups is 2. The zero-order valence-electron chi connectivity index (χ0n) is 13.1. The van der Waals surface area contributed by atoms with Crippen LogP contribution in [0.25, 0.3) is 11.0 Å². The second-order valence-corrected chi connectivity index (χ2v) is 5.07. The number of ether oxygens (including phenoxy) is 1. The van der Waals surface area contributed by atoms with Gasteiger partial charge in [0.1, 0.15) is 11.3 Å². The fraction of sp³-hybridized carbons (Fsp3) is 0.118. The molecule has 0 saturated heterocycles. The van der Waals surface area contributed by atoms with Crippen molar-refractivity contribution in [2.75, 3.05) is 7.11 Å². The molecule has 0 aliphatic rings. The monoisotopic (exact) mass is 325 g/mol. The number of pyridine rings is 1. The van der Waals surface area contributed by atoms with E-state index in [2.05, 4.69) is 15.8 Å². The molecule has 0 aliphatic heterocycles. The van der Waals surface area contributed by atoms with Crippen molar-refractivity contribution in [2.24, 2.45) is 0 Å². The first kappa shape index (κ1) is 15.5. The lowest BCUT2D eigenvalue weighted by Crippen LogP contribution is -2.41. The van der Waals surface area contributed by atoms with Crippen LogP contribution >= 0.6 is 0 Å². The van der Waals surface area contributed by atoms with Crippen LogP contribution in [-0.4, -0.2) is 23.9 Å². The molecule has 0 atom stereocenters. The van der Waals surface area contributed by atoms with E-state index in [-0.39, 0.29) is 5.76 Å². The molecule has 1 aromatic carbocycles. The number of furan rings is 1. The van der Waals surface area contributed by atoms with Crippen LogP contribution < -0.4 is 15.6 Å². The number of methoxy groups -OCH3 is 1. The van der Waals surface area contributed by atoms with E-state index in [1.165, 1.54) is 6.20 Å². The smallest absolute Gasteiger partial charge is 0.305 e. The van der Waals surface area contributed by atoms with Gasteiger partial charge in [0.05, 0.1) is 12.7 Å². The quantitative estimate of drug-likeness (QED) is 0.720. The fourth-order valence-corrected chi connectivity index (χ4v) is 2.28. The topological polar surface area (TPSA) is 93.5 Å². The predicted molar refractivity (Wildman–Crippen MR) is 86.7 cm³/mol. The average molecular weight is 325 g/mol. The summed E-state index contributed by atoms with van der Waals surface area (Å²) in [5, 5.41) is 0.776. The Morgan fingerprint density at radius 2 is 1.96 bits per heavy atom. The third-order valence-corrected chi connectivity index (χ3v) is 3.56. The number of nitrogens with zero attached hydrogens (tertiary/aromatic N) is 1. The van der Waals surface area contributed by atoms with E-state index in [1.807, 2.05) is 0 Å². The molecule has 0 unspecified atom stereocenters. The molecule has 0 spiro atoms. The normalized spacial score (nSPS) is 10.4. The maximum atomic E-state index is 12.3. The van der Waals surface area contributed by atoms with Gasteiger partial charge in [-0.15, -0.1) is 0 Å². The van der Waals surface area contributed by atoms with Crippen molar-refractivity contribution in [3.05, 3.63) is 59.6 Å². The van der Waals surface area contributed by atoms with Gasteiger partial charge in [-0.2, -0.15) is 0 Å². The highest BCUT2D eigenvalue weighted by Gasteiger charge is 2.18. The van der Waals surface area contributed by atoms with Crippen LogP contribution in [-0.2, 0) is 0 Å². The van der Waals surface area contributed by atoms with Crippen LogP contribution in [0.15, 0.2) is 47.1 Å². The Hall–Kier alpha value is -3.35. The zero-order valence-corrected chi connectivity index (χ0v) is 13.1. The van der Waals surface area contributed by atoms with Crippen molar-refractivity contribution in [1.82, 2.24) is 15.8 Å². The lowest BCUT2D eigenvalue weighted by atomic mass is 10.1. The number of amides is 2. The van der Waals surface area contributed by atoms with Gasteiger partial charge < -0.3 is 9.15 Å². The number of hydrogen-bond donors (Lipinski definition) is 2. The Labute approximate surface area is 137 Å². The summed E-state index contributed by atoms with van der Waals surface area (Å²) in [7, 11) is 1.57. The predicted octanol–water partition coefficient (Wildman–Crippen LogP) is 2.22. The Kier molecular flexibility index (Phi) is 4.15. The van der Waals surface area contributed by atoms with Gasteiger partial charge in [-0.25, -0.2) is 0 Å². The Bertz CT molecular complexity index is 903. The van der Waals surface area contributed by atoms with Crippen molar-refractivity contribution in [3.8, 4) is 5.75 Å². The standard InChI is InChI=1S/C17H15N3O4/c1-10-13-8-12(23-2)5-6-14(13)24-15(10)17(22)20-19-16(21)11-4-3-7-18-9-11/h3-9H,1-2H3,(H,19,21)(H,20,22). The van der Waals surface area contributed by atoms with Crippen LogP contribution in [0.3, 0.4) is 0 Å². The molecule has 0 saturated carbocycles. The van der Waals surface area contributed by atoms with Crippen molar-refractivity contribution in [3.63, 3.8) is 0 Å². The summed E-state index contributed by atoms with van der Waals surface area (Å²) in [4.78, 5) is 28.0. The van der Waals surface area contributed by atoms with Gasteiger partial charge in [0.2, 0.25) is 0 Å². The number of hydrazine groups is 1. The summed E-state index contributed by atoms with van der Waals surface area (Å²) >= 11 is 0. The Morgan fingerprint density at radius 1 is 1.17 bits per heavy atom. The lowest BCUT2D eigenvalue weighted by molar-refractivity contribution is 0.0831. The van der Waals surface area contributed by atoms with Crippen LogP contribution in [0.4, 0.5) is 0 Å². The maximum Gasteiger partial charge on any atom is 0.305 e. The van der Waals surface area contributed by atoms with E-state index < -0.39 is 11.8 Å². The second kappa shape index (κ2) is 6.41. The summed E-state index contributed by atoms with van der Waals surface area (Å²) in [6, 6.07) is 8.49. The highest BCUT2D eigenvalue weighted by molar-refractivity contribution is 6.01. The van der Waals surface area contributed by atoms with E-state index >= 15 is 0 Å². The molecular formula is C17H15N3O4. The van der Waals surface area contributed by atoms with Crippen molar-refractivity contribution in [1.29, 1.82) is 0 Å². The van der Waals surface area contributed by atoms with Gasteiger partial charge in [-0.3, -0.25) is 25.4 Å². The number of carbonyl (C=O) groups excluding carboxylic acids is 2. The molecule has 3 rings (SSSR count). The molecule has 0 bridgehead atoms. The molecule has 0 fully saturated rings. The molecule has 7 nitrogen and oxygen atoms in total. The Morgan fingerprint density at radius 3 is 2.67 bits per heavy atom. The molecule has 2 amide bonds. The molecular weight excluding hydrogens is 310 g/mol. The van der Waals surface area contributed by atoms with Gasteiger partial charge in [0.15, 0.2) is 5.76 Å². The van der Waals surface area contributed by atoms with Gasteiger partial charge in [0, 0.05) is 23.3 Å². The molecule has 3 aromatic rings. The molecule has 0 aliphatic carbocycles. The first-order chi connectivity index (χ1) is 11.6. The number of aryl methyl sites for hydroxylation is 1. The number of rotatable bonds is 3. The highest BCUT2D eigenvalue weighted by atomic mass is 16.5. The van der Waals surface area contributed by atoms with E-state index in [0.29, 0.717) is 22.5 Å². The molecule has 24 heavy (non-hydrogen) atoms. The van der Waals surface area contributed by atoms with Crippen molar-refractivity contribution >= 4 is 22.8 Å². The first-order valence-corrected chi connectivity index (χ1v) is 7.18. The first-order valence-electron chi connectivity index (χ1n) is 7.18. The van der Waals surface area contributed by atoms with Crippen LogP contribution in [0, 0.1) is 6.92 Å². The summed E-state index contributed by atoms with van der Waals surface area (Å²) < 4.78 is 10.7. The minimum Gasteiger partial charge on any atom is -0.497 e. The maximum absolute atomic E-state index is 12.3. The highest BCUT2D eigenvalue weighted by Crippen LogP contribution is 2.28. The summed E-state index contributed by atoms with van der Waals surface area (Å²) in [6.45, 7) is 1.77. The largest absolute Gasteiger partial charge is 0.497 e. The van der Waals surface area contributed by atoms with E-state index in [4.69, 9.17) is 9.15 Å². The number of nitrogens with one attached hydrogen (secondary N) is 2. The van der Waals surface area contributed by atoms with E-state index in [1.54, 1.807) is 50.6 Å². The SMILES string of the molecule is COc1ccc2oc(C(=O)NNC(=O)c3cccnc3)c(C)c2c1. The zero-order chi connectivity index (χ0) is 17.1. The second-order valence-electron chi connectivity index (χ2n) is 5.07. The van der Waals surface area contributed by atoms with Crippen molar-refractivity contribution < 1.29 is 18.7 Å². The number of fused-ring (bicyclic) bond motifs is 1. The number of aromatic nitrogens is 1. The number of hydrogen-bond acceptors (Lipinski definition) is 5. The molecule has 2 heterocycles. The van der Waals surface area contributed by atoms with Gasteiger partial charge in [-0.05, 0) is 37.3 Å². The minimum atomic E-state index is -0.542. The van der Waals surface area contributed by atoms with Crippen LogP contribution in [0.5, 0.6) is 5.75 Å². The molecule has 2 aromatic heterocycles. The van der Waals surface area contributed by atoms with Gasteiger partial charge >= 0.3 is 5.91 Å². The van der Waals surface area contributed by atoms with Crippen molar-refractivity contribution in [2.45, 2.75) is 6.92 Å². The third-order valence-electron chi connectivity index (χ3n) is 3.56. The fourth-order valence-electron chi connectivity index (χ4n) is 2.28. The van der Waals surface area contributed by atoms with Gasteiger partial charge in [-0.1, -0.05) is 0 Å². The molecule has 7 heteroatoms. The lowest BCUT2D eigenvalue weighted by Gasteiger charge is -2.05. The minimum absolute atomic E-state index is 0.129. The molecule has 122 valence electrons. The van der Waals surface area contributed by atoms with Crippen LogP contribution in [0.1, 0.15) is 26.5 Å².